The van der Waals surface area contributed by atoms with E-state index in [1.54, 1.807) is 0 Å². The molecule has 4 heteroatoms. The molecule has 0 saturated carbocycles. The summed E-state index contributed by atoms with van der Waals surface area (Å²) in [5.74, 6) is -0.173. The van der Waals surface area contributed by atoms with Gasteiger partial charge in [-0.2, -0.15) is 0 Å². The summed E-state index contributed by atoms with van der Waals surface area (Å²) >= 11 is 0. The van der Waals surface area contributed by atoms with Crippen molar-refractivity contribution in [2.24, 2.45) is 4.99 Å². The molecule has 1 atom stereocenters. The molecule has 0 spiro atoms. The van der Waals surface area contributed by atoms with E-state index < -0.39 is 5.97 Å². The standard InChI is InChI=1S/C12H13NO3/c14-11(15)7-6-10-8-13-12(16-10)9-4-2-1-3-5-9/h1-5,10H,6-8H2,(H,14,15). The summed E-state index contributed by atoms with van der Waals surface area (Å²) in [6.07, 6.45) is 0.545. The molecule has 0 fully saturated rings. The molecule has 0 radical (unpaired) electrons. The first-order chi connectivity index (χ1) is 7.75. The van der Waals surface area contributed by atoms with E-state index in [0.717, 1.165) is 5.56 Å². The Morgan fingerprint density at radius 2 is 2.19 bits per heavy atom. The van der Waals surface area contributed by atoms with Crippen LogP contribution in [0.5, 0.6) is 0 Å². The van der Waals surface area contributed by atoms with Gasteiger partial charge in [-0.05, 0) is 18.6 Å². The average molecular weight is 219 g/mol. The maximum Gasteiger partial charge on any atom is 0.303 e. The first-order valence-electron chi connectivity index (χ1n) is 5.24. The molecule has 1 heterocycles. The largest absolute Gasteiger partial charge is 0.481 e. The molecule has 1 aromatic rings. The third-order valence-electron chi connectivity index (χ3n) is 2.42. The van der Waals surface area contributed by atoms with Crippen LogP contribution in [0.25, 0.3) is 0 Å². The van der Waals surface area contributed by atoms with Crippen molar-refractivity contribution < 1.29 is 14.6 Å². The van der Waals surface area contributed by atoms with E-state index in [-0.39, 0.29) is 12.5 Å². The lowest BCUT2D eigenvalue weighted by Gasteiger charge is -2.09. The van der Waals surface area contributed by atoms with E-state index in [1.807, 2.05) is 30.3 Å². The Balaban J connectivity index is 1.90. The van der Waals surface area contributed by atoms with Crippen molar-refractivity contribution in [2.75, 3.05) is 6.54 Å². The van der Waals surface area contributed by atoms with E-state index in [1.165, 1.54) is 0 Å². The van der Waals surface area contributed by atoms with Crippen molar-refractivity contribution in [3.8, 4) is 0 Å². The number of carbonyl (C=O) groups is 1. The van der Waals surface area contributed by atoms with E-state index in [4.69, 9.17) is 9.84 Å². The fraction of sp³-hybridized carbons (Fsp3) is 0.333. The minimum absolute atomic E-state index is 0.0914. The fourth-order valence-corrected chi connectivity index (χ4v) is 1.59. The van der Waals surface area contributed by atoms with Crippen molar-refractivity contribution in [3.63, 3.8) is 0 Å². The molecule has 1 aliphatic rings. The molecule has 0 aromatic heterocycles. The zero-order valence-corrected chi connectivity index (χ0v) is 8.80. The molecule has 0 aliphatic carbocycles. The first kappa shape index (κ1) is 10.7. The lowest BCUT2D eigenvalue weighted by Crippen LogP contribution is -2.15. The predicted octanol–water partition coefficient (Wildman–Crippen LogP) is 1.70. The van der Waals surface area contributed by atoms with Crippen molar-refractivity contribution >= 4 is 11.9 Å². The summed E-state index contributed by atoms with van der Waals surface area (Å²) in [5.41, 5.74) is 0.945. The van der Waals surface area contributed by atoms with Crippen LogP contribution in [0.3, 0.4) is 0 Å². The summed E-state index contributed by atoms with van der Waals surface area (Å²) in [7, 11) is 0. The number of hydrogen-bond donors (Lipinski definition) is 1. The number of hydrogen-bond acceptors (Lipinski definition) is 3. The monoisotopic (exact) mass is 219 g/mol. The molecule has 2 rings (SSSR count). The molecule has 4 nitrogen and oxygen atoms in total. The molecule has 0 saturated heterocycles. The lowest BCUT2D eigenvalue weighted by atomic mass is 10.2. The first-order valence-corrected chi connectivity index (χ1v) is 5.24. The van der Waals surface area contributed by atoms with Gasteiger partial charge in [-0.1, -0.05) is 18.2 Å². The molecule has 1 aromatic carbocycles. The number of carboxylic acids is 1. The van der Waals surface area contributed by atoms with Gasteiger partial charge >= 0.3 is 5.97 Å². The van der Waals surface area contributed by atoms with Crippen LogP contribution < -0.4 is 0 Å². The Bertz CT molecular complexity index is 400. The summed E-state index contributed by atoms with van der Waals surface area (Å²) in [6.45, 7) is 0.553. The van der Waals surface area contributed by atoms with Gasteiger partial charge in [0.25, 0.3) is 0 Å². The minimum atomic E-state index is -0.795. The summed E-state index contributed by atoms with van der Waals surface area (Å²) in [6, 6.07) is 9.63. The Kier molecular flexibility index (Phi) is 3.19. The van der Waals surface area contributed by atoms with Gasteiger partial charge in [0.1, 0.15) is 6.10 Å². The maximum atomic E-state index is 10.4. The minimum Gasteiger partial charge on any atom is -0.481 e. The van der Waals surface area contributed by atoms with Crippen molar-refractivity contribution in [1.29, 1.82) is 0 Å². The fourth-order valence-electron chi connectivity index (χ4n) is 1.59. The normalized spacial score (nSPS) is 19.0. The number of aliphatic carboxylic acids is 1. The van der Waals surface area contributed by atoms with Crippen molar-refractivity contribution in [2.45, 2.75) is 18.9 Å². The molecular weight excluding hydrogens is 206 g/mol. The van der Waals surface area contributed by atoms with E-state index in [0.29, 0.717) is 18.9 Å². The highest BCUT2D eigenvalue weighted by molar-refractivity contribution is 5.95. The highest BCUT2D eigenvalue weighted by Crippen LogP contribution is 2.15. The Labute approximate surface area is 93.6 Å². The highest BCUT2D eigenvalue weighted by Gasteiger charge is 2.21. The van der Waals surface area contributed by atoms with Crippen LogP contribution in [0, 0.1) is 0 Å². The zero-order chi connectivity index (χ0) is 11.4. The van der Waals surface area contributed by atoms with Gasteiger partial charge in [-0.3, -0.25) is 4.79 Å². The van der Waals surface area contributed by atoms with Gasteiger partial charge < -0.3 is 9.84 Å². The van der Waals surface area contributed by atoms with Gasteiger partial charge in [-0.25, -0.2) is 4.99 Å². The number of rotatable bonds is 4. The van der Waals surface area contributed by atoms with Crippen LogP contribution >= 0.6 is 0 Å². The number of benzene rings is 1. The van der Waals surface area contributed by atoms with E-state index >= 15 is 0 Å². The van der Waals surface area contributed by atoms with Crippen LogP contribution in [0.4, 0.5) is 0 Å². The second kappa shape index (κ2) is 4.79. The molecule has 0 amide bonds. The van der Waals surface area contributed by atoms with Gasteiger partial charge in [0.2, 0.25) is 5.90 Å². The van der Waals surface area contributed by atoms with E-state index in [2.05, 4.69) is 4.99 Å². The van der Waals surface area contributed by atoms with Crippen LogP contribution in [0.1, 0.15) is 18.4 Å². The van der Waals surface area contributed by atoms with Gasteiger partial charge in [0, 0.05) is 12.0 Å². The second-order valence-electron chi connectivity index (χ2n) is 3.68. The molecular formula is C12H13NO3. The molecule has 84 valence electrons. The van der Waals surface area contributed by atoms with Crippen molar-refractivity contribution in [1.82, 2.24) is 0 Å². The Hall–Kier alpha value is -1.84. The summed E-state index contributed by atoms with van der Waals surface area (Å²) in [5, 5.41) is 8.56. The van der Waals surface area contributed by atoms with Crippen LogP contribution in [-0.4, -0.2) is 29.6 Å². The molecule has 0 bridgehead atoms. The zero-order valence-electron chi connectivity index (χ0n) is 8.80. The quantitative estimate of drug-likeness (QED) is 0.838. The Morgan fingerprint density at radius 1 is 1.44 bits per heavy atom. The third-order valence-corrected chi connectivity index (χ3v) is 2.42. The number of ether oxygens (including phenoxy) is 1. The molecule has 1 aliphatic heterocycles. The van der Waals surface area contributed by atoms with Gasteiger partial charge in [0.05, 0.1) is 6.54 Å². The highest BCUT2D eigenvalue weighted by atomic mass is 16.5. The third kappa shape index (κ3) is 2.59. The van der Waals surface area contributed by atoms with Crippen LogP contribution in [-0.2, 0) is 9.53 Å². The summed E-state index contributed by atoms with van der Waals surface area (Å²) in [4.78, 5) is 14.7. The number of aliphatic imine (C=N–C) groups is 1. The topological polar surface area (TPSA) is 58.9 Å². The number of carboxylic acid groups (broad SMARTS) is 1. The van der Waals surface area contributed by atoms with Gasteiger partial charge in [0.15, 0.2) is 0 Å². The average Bonchev–Trinajstić information content (AvgIpc) is 2.76. The van der Waals surface area contributed by atoms with Crippen LogP contribution in [0.2, 0.25) is 0 Å². The van der Waals surface area contributed by atoms with Crippen molar-refractivity contribution in [3.05, 3.63) is 35.9 Å². The van der Waals surface area contributed by atoms with Gasteiger partial charge in [-0.15, -0.1) is 0 Å². The lowest BCUT2D eigenvalue weighted by molar-refractivity contribution is -0.137. The van der Waals surface area contributed by atoms with Crippen LogP contribution in [0.15, 0.2) is 35.3 Å². The second-order valence-corrected chi connectivity index (χ2v) is 3.68. The SMILES string of the molecule is O=C(O)CCC1CN=C(c2ccccc2)O1. The molecule has 16 heavy (non-hydrogen) atoms. The van der Waals surface area contributed by atoms with E-state index in [9.17, 15) is 4.79 Å². The molecule has 1 unspecified atom stereocenters. The predicted molar refractivity (Wildman–Crippen MR) is 59.6 cm³/mol. The smallest absolute Gasteiger partial charge is 0.303 e. The summed E-state index contributed by atoms with van der Waals surface area (Å²) < 4.78 is 5.58. The number of nitrogens with zero attached hydrogens (tertiary/aromatic N) is 1. The Morgan fingerprint density at radius 3 is 2.88 bits per heavy atom. The maximum absolute atomic E-state index is 10.4. The molecule has 1 N–H and O–H groups in total.